The highest BCUT2D eigenvalue weighted by molar-refractivity contribution is 8.00. The van der Waals surface area contributed by atoms with Crippen LogP contribution >= 0.6 is 11.8 Å². The molecule has 5 heteroatoms. The van der Waals surface area contributed by atoms with E-state index in [9.17, 15) is 0 Å². The summed E-state index contributed by atoms with van der Waals surface area (Å²) in [6.45, 7) is 11.6. The van der Waals surface area contributed by atoms with E-state index in [1.807, 2.05) is 7.05 Å². The van der Waals surface area contributed by atoms with Crippen molar-refractivity contribution in [3.8, 4) is 0 Å². The zero-order valence-corrected chi connectivity index (χ0v) is 14.9. The Bertz CT molecular complexity index is 367. The molecule has 1 saturated carbocycles. The molecule has 21 heavy (non-hydrogen) atoms. The van der Waals surface area contributed by atoms with Gasteiger partial charge in [0.1, 0.15) is 0 Å². The quantitative estimate of drug-likeness (QED) is 0.465. The van der Waals surface area contributed by atoms with Crippen molar-refractivity contribution in [2.45, 2.75) is 44.8 Å². The average molecular weight is 314 g/mol. The largest absolute Gasteiger partial charge is 0.382 e. The Hall–Kier alpha value is -0.420. The third-order valence-corrected chi connectivity index (χ3v) is 5.79. The number of nitrogens with one attached hydrogen (secondary N) is 1. The molecule has 4 nitrogen and oxygen atoms in total. The molecule has 0 aromatic carbocycles. The van der Waals surface area contributed by atoms with Gasteiger partial charge in [-0.3, -0.25) is 4.99 Å². The number of thioether (sulfide) groups is 1. The maximum Gasteiger partial charge on any atom is 0.193 e. The predicted molar refractivity (Wildman–Crippen MR) is 92.2 cm³/mol. The highest BCUT2D eigenvalue weighted by Gasteiger charge is 2.42. The molecular formula is C16H31N3OS. The van der Waals surface area contributed by atoms with Gasteiger partial charge in [0.2, 0.25) is 0 Å². The Labute approximate surface area is 134 Å². The van der Waals surface area contributed by atoms with Crippen molar-refractivity contribution >= 4 is 17.7 Å². The fourth-order valence-corrected chi connectivity index (χ4v) is 4.03. The van der Waals surface area contributed by atoms with Gasteiger partial charge in [0, 0.05) is 50.4 Å². The Kier molecular flexibility index (Phi) is 5.83. The second kappa shape index (κ2) is 7.23. The number of nitrogens with zero attached hydrogens (tertiary/aromatic N) is 2. The summed E-state index contributed by atoms with van der Waals surface area (Å²) in [7, 11) is 1.90. The molecular weight excluding hydrogens is 282 g/mol. The third kappa shape index (κ3) is 5.06. The van der Waals surface area contributed by atoms with E-state index in [4.69, 9.17) is 4.74 Å². The van der Waals surface area contributed by atoms with E-state index in [2.05, 4.69) is 47.7 Å². The maximum absolute atomic E-state index is 5.51. The molecule has 0 bridgehead atoms. The number of rotatable bonds is 6. The lowest BCUT2D eigenvalue weighted by atomic mass is 10.0. The van der Waals surface area contributed by atoms with Gasteiger partial charge in [-0.2, -0.15) is 11.8 Å². The number of ether oxygens (including phenoxy) is 1. The highest BCUT2D eigenvalue weighted by atomic mass is 32.2. The standard InChI is InChI=1S/C16H31N3OS/c1-5-20-10-8-16(6-7-16)12-18-14(17-4)19-9-11-21-15(2,3)13-19/h5-13H2,1-4H3,(H,17,18). The van der Waals surface area contributed by atoms with Gasteiger partial charge in [-0.25, -0.2) is 0 Å². The maximum atomic E-state index is 5.51. The van der Waals surface area contributed by atoms with Crippen molar-refractivity contribution in [2.75, 3.05) is 45.6 Å². The van der Waals surface area contributed by atoms with E-state index in [0.717, 1.165) is 38.8 Å². The first-order valence-electron chi connectivity index (χ1n) is 8.18. The van der Waals surface area contributed by atoms with Crippen LogP contribution in [0.4, 0.5) is 0 Å². The Morgan fingerprint density at radius 1 is 1.38 bits per heavy atom. The molecule has 2 fully saturated rings. The fourth-order valence-electron chi connectivity index (χ4n) is 2.92. The lowest BCUT2D eigenvalue weighted by Gasteiger charge is -2.39. The van der Waals surface area contributed by atoms with Crippen molar-refractivity contribution < 1.29 is 4.74 Å². The van der Waals surface area contributed by atoms with Gasteiger partial charge in [0.15, 0.2) is 5.96 Å². The fraction of sp³-hybridized carbons (Fsp3) is 0.938. The second-order valence-corrected chi connectivity index (χ2v) is 8.68. The molecule has 1 N–H and O–H groups in total. The van der Waals surface area contributed by atoms with Crippen LogP contribution in [-0.2, 0) is 4.74 Å². The van der Waals surface area contributed by atoms with Crippen molar-refractivity contribution in [2.24, 2.45) is 10.4 Å². The van der Waals surface area contributed by atoms with Crippen molar-refractivity contribution in [1.29, 1.82) is 0 Å². The van der Waals surface area contributed by atoms with Crippen molar-refractivity contribution in [3.05, 3.63) is 0 Å². The summed E-state index contributed by atoms with van der Waals surface area (Å²) < 4.78 is 5.84. The molecule has 0 unspecified atom stereocenters. The molecule has 1 aliphatic heterocycles. The monoisotopic (exact) mass is 313 g/mol. The van der Waals surface area contributed by atoms with Gasteiger partial charge in [-0.15, -0.1) is 0 Å². The van der Waals surface area contributed by atoms with Gasteiger partial charge in [-0.1, -0.05) is 0 Å². The average Bonchev–Trinajstić information content (AvgIpc) is 3.19. The summed E-state index contributed by atoms with van der Waals surface area (Å²) in [5.41, 5.74) is 0.463. The van der Waals surface area contributed by atoms with Crippen LogP contribution < -0.4 is 5.32 Å². The topological polar surface area (TPSA) is 36.9 Å². The lowest BCUT2D eigenvalue weighted by molar-refractivity contribution is 0.128. The summed E-state index contributed by atoms with van der Waals surface area (Å²) in [4.78, 5) is 6.91. The zero-order chi connectivity index (χ0) is 15.3. The zero-order valence-electron chi connectivity index (χ0n) is 14.1. The molecule has 2 aliphatic rings. The molecule has 0 amide bonds. The summed E-state index contributed by atoms with van der Waals surface area (Å²) in [6, 6.07) is 0. The third-order valence-electron chi connectivity index (χ3n) is 4.50. The van der Waals surface area contributed by atoms with Crippen LogP contribution in [0.15, 0.2) is 4.99 Å². The molecule has 0 radical (unpaired) electrons. The van der Waals surface area contributed by atoms with Gasteiger partial charge in [-0.05, 0) is 45.4 Å². The van der Waals surface area contributed by atoms with Crippen LogP contribution in [0.3, 0.4) is 0 Å². The second-order valence-electron chi connectivity index (χ2n) is 6.88. The molecule has 0 aromatic rings. The van der Waals surface area contributed by atoms with Crippen LogP contribution in [0.2, 0.25) is 0 Å². The van der Waals surface area contributed by atoms with E-state index in [1.165, 1.54) is 25.0 Å². The molecule has 1 saturated heterocycles. The van der Waals surface area contributed by atoms with E-state index in [-0.39, 0.29) is 0 Å². The summed E-state index contributed by atoms with van der Waals surface area (Å²) in [5.74, 6) is 2.26. The van der Waals surface area contributed by atoms with Gasteiger partial charge in [0.05, 0.1) is 0 Å². The van der Waals surface area contributed by atoms with Gasteiger partial charge in [0.25, 0.3) is 0 Å². The Morgan fingerprint density at radius 2 is 2.14 bits per heavy atom. The van der Waals surface area contributed by atoms with Crippen molar-refractivity contribution in [3.63, 3.8) is 0 Å². The number of aliphatic imine (C=N–C) groups is 1. The molecule has 0 atom stereocenters. The first kappa shape index (κ1) is 16.9. The Morgan fingerprint density at radius 3 is 2.71 bits per heavy atom. The number of hydrogen-bond acceptors (Lipinski definition) is 3. The predicted octanol–water partition coefficient (Wildman–Crippen LogP) is 2.60. The smallest absolute Gasteiger partial charge is 0.193 e. The molecule has 0 spiro atoms. The van der Waals surface area contributed by atoms with E-state index < -0.39 is 0 Å². The van der Waals surface area contributed by atoms with Crippen LogP contribution in [0, 0.1) is 5.41 Å². The molecule has 0 aromatic heterocycles. The van der Waals surface area contributed by atoms with Crippen LogP contribution in [0.1, 0.15) is 40.0 Å². The number of guanidine groups is 1. The summed E-state index contributed by atoms with van der Waals surface area (Å²) in [6.07, 6.45) is 3.82. The molecule has 2 rings (SSSR count). The van der Waals surface area contributed by atoms with E-state index >= 15 is 0 Å². The lowest BCUT2D eigenvalue weighted by Crippen LogP contribution is -2.51. The van der Waals surface area contributed by atoms with Crippen LogP contribution in [0.5, 0.6) is 0 Å². The molecule has 1 aliphatic carbocycles. The summed E-state index contributed by atoms with van der Waals surface area (Å²) >= 11 is 2.06. The molecule has 122 valence electrons. The first-order chi connectivity index (χ1) is 10.0. The first-order valence-corrected chi connectivity index (χ1v) is 9.16. The number of hydrogen-bond donors (Lipinski definition) is 1. The van der Waals surface area contributed by atoms with E-state index in [0.29, 0.717) is 10.2 Å². The van der Waals surface area contributed by atoms with Crippen molar-refractivity contribution in [1.82, 2.24) is 10.2 Å². The van der Waals surface area contributed by atoms with Gasteiger partial charge < -0.3 is 15.0 Å². The van der Waals surface area contributed by atoms with Crippen LogP contribution in [0.25, 0.3) is 0 Å². The van der Waals surface area contributed by atoms with Gasteiger partial charge >= 0.3 is 0 Å². The van der Waals surface area contributed by atoms with Crippen LogP contribution in [-0.4, -0.2) is 61.3 Å². The molecule has 1 heterocycles. The SMILES string of the molecule is CCOCCC1(CNC(=NC)N2CCSC(C)(C)C2)CC1. The normalized spacial score (nSPS) is 24.0. The minimum absolute atomic E-state index is 0.322. The highest BCUT2D eigenvalue weighted by Crippen LogP contribution is 2.48. The minimum atomic E-state index is 0.322. The summed E-state index contributed by atoms with van der Waals surface area (Å²) in [5, 5.41) is 3.62. The Balaban J connectivity index is 1.80. The minimum Gasteiger partial charge on any atom is -0.382 e. The van der Waals surface area contributed by atoms with E-state index in [1.54, 1.807) is 0 Å².